The molecule has 0 fully saturated rings. The molecule has 16 heavy (non-hydrogen) atoms. The summed E-state index contributed by atoms with van der Waals surface area (Å²) in [5.41, 5.74) is 0. The van der Waals surface area contributed by atoms with Gasteiger partial charge >= 0.3 is 5.97 Å². The second-order valence-electron chi connectivity index (χ2n) is 3.82. The minimum atomic E-state index is -0.786. The van der Waals surface area contributed by atoms with Crippen LogP contribution in [-0.4, -0.2) is 18.4 Å². The Morgan fingerprint density at radius 1 is 1.44 bits per heavy atom. The van der Waals surface area contributed by atoms with Crippen LogP contribution in [0.15, 0.2) is 22.8 Å². The first-order valence-corrected chi connectivity index (χ1v) is 5.32. The first kappa shape index (κ1) is 12.5. The summed E-state index contributed by atoms with van der Waals surface area (Å²) >= 11 is 0. The number of ether oxygens (including phenoxy) is 1. The summed E-state index contributed by atoms with van der Waals surface area (Å²) < 4.78 is 9.88. The van der Waals surface area contributed by atoms with E-state index in [0.29, 0.717) is 0 Å². The average Bonchev–Trinajstić information content (AvgIpc) is 2.70. The van der Waals surface area contributed by atoms with E-state index in [9.17, 15) is 9.59 Å². The molecule has 0 amide bonds. The standard InChI is InChI=1S/C12H16O4/c1-4-15-12(14)10(8(2)3)11(13)9-6-5-7-16-9/h5-8,10H,4H2,1-3H3. The first-order valence-electron chi connectivity index (χ1n) is 5.32. The van der Waals surface area contributed by atoms with Gasteiger partial charge in [-0.3, -0.25) is 9.59 Å². The molecule has 4 nitrogen and oxygen atoms in total. The average molecular weight is 224 g/mol. The van der Waals surface area contributed by atoms with Gasteiger partial charge in [0, 0.05) is 0 Å². The summed E-state index contributed by atoms with van der Waals surface area (Å²) in [5.74, 6) is -1.51. The molecule has 1 heterocycles. The van der Waals surface area contributed by atoms with Crippen molar-refractivity contribution in [1.29, 1.82) is 0 Å². The van der Waals surface area contributed by atoms with Crippen molar-refractivity contribution >= 4 is 11.8 Å². The zero-order valence-electron chi connectivity index (χ0n) is 9.73. The topological polar surface area (TPSA) is 56.5 Å². The van der Waals surface area contributed by atoms with Gasteiger partial charge < -0.3 is 9.15 Å². The van der Waals surface area contributed by atoms with Gasteiger partial charge in [-0.05, 0) is 25.0 Å². The molecule has 0 saturated carbocycles. The Bertz CT molecular complexity index is 351. The molecule has 0 aliphatic rings. The van der Waals surface area contributed by atoms with Crippen molar-refractivity contribution in [2.75, 3.05) is 6.61 Å². The van der Waals surface area contributed by atoms with Gasteiger partial charge in [0.2, 0.25) is 5.78 Å². The van der Waals surface area contributed by atoms with Crippen molar-refractivity contribution in [3.05, 3.63) is 24.2 Å². The van der Waals surface area contributed by atoms with E-state index in [0.717, 1.165) is 0 Å². The molecule has 0 bridgehead atoms. The third-order valence-corrected chi connectivity index (χ3v) is 2.25. The fourth-order valence-corrected chi connectivity index (χ4v) is 1.49. The number of furan rings is 1. The van der Waals surface area contributed by atoms with Crippen LogP contribution in [-0.2, 0) is 9.53 Å². The Morgan fingerprint density at radius 3 is 2.56 bits per heavy atom. The van der Waals surface area contributed by atoms with E-state index in [1.54, 1.807) is 19.1 Å². The Hall–Kier alpha value is -1.58. The van der Waals surface area contributed by atoms with Gasteiger partial charge in [0.25, 0.3) is 0 Å². The molecule has 0 spiro atoms. The van der Waals surface area contributed by atoms with Crippen LogP contribution in [0.5, 0.6) is 0 Å². The van der Waals surface area contributed by atoms with E-state index in [1.165, 1.54) is 6.26 Å². The molecule has 88 valence electrons. The second kappa shape index (κ2) is 5.49. The van der Waals surface area contributed by atoms with Crippen molar-refractivity contribution < 1.29 is 18.7 Å². The number of rotatable bonds is 5. The van der Waals surface area contributed by atoms with Gasteiger partial charge in [0.15, 0.2) is 5.76 Å². The fourth-order valence-electron chi connectivity index (χ4n) is 1.49. The molecule has 0 aliphatic heterocycles. The van der Waals surface area contributed by atoms with Crippen LogP contribution in [0.3, 0.4) is 0 Å². The minimum Gasteiger partial charge on any atom is -0.465 e. The summed E-state index contributed by atoms with van der Waals surface area (Å²) in [5, 5.41) is 0. The first-order chi connectivity index (χ1) is 7.57. The van der Waals surface area contributed by atoms with E-state index < -0.39 is 11.9 Å². The molecule has 0 N–H and O–H groups in total. The van der Waals surface area contributed by atoms with Crippen LogP contribution in [0.2, 0.25) is 0 Å². The van der Waals surface area contributed by atoms with Crippen LogP contribution in [0.4, 0.5) is 0 Å². The summed E-state index contributed by atoms with van der Waals surface area (Å²) in [6.07, 6.45) is 1.41. The monoisotopic (exact) mass is 224 g/mol. The lowest BCUT2D eigenvalue weighted by molar-refractivity contribution is -0.147. The Labute approximate surface area is 94.6 Å². The van der Waals surface area contributed by atoms with Gasteiger partial charge in [-0.1, -0.05) is 13.8 Å². The zero-order chi connectivity index (χ0) is 12.1. The second-order valence-corrected chi connectivity index (χ2v) is 3.82. The molecule has 0 radical (unpaired) electrons. The number of esters is 1. The molecule has 4 heteroatoms. The minimum absolute atomic E-state index is 0.114. The van der Waals surface area contributed by atoms with Gasteiger partial charge in [0.05, 0.1) is 12.9 Å². The molecule has 1 atom stereocenters. The largest absolute Gasteiger partial charge is 0.465 e. The predicted molar refractivity (Wildman–Crippen MR) is 58.0 cm³/mol. The van der Waals surface area contributed by atoms with Crippen LogP contribution in [0, 0.1) is 11.8 Å². The molecule has 1 aromatic rings. The number of ketones is 1. The maximum Gasteiger partial charge on any atom is 0.317 e. The maximum atomic E-state index is 12.0. The van der Waals surface area contributed by atoms with E-state index in [-0.39, 0.29) is 24.1 Å². The van der Waals surface area contributed by atoms with Crippen molar-refractivity contribution in [2.24, 2.45) is 11.8 Å². The lowest BCUT2D eigenvalue weighted by atomic mass is 9.90. The van der Waals surface area contributed by atoms with E-state index in [1.807, 2.05) is 13.8 Å². The quantitative estimate of drug-likeness (QED) is 0.437. The van der Waals surface area contributed by atoms with E-state index in [4.69, 9.17) is 9.15 Å². The van der Waals surface area contributed by atoms with Crippen LogP contribution in [0.1, 0.15) is 31.3 Å². The van der Waals surface area contributed by atoms with E-state index >= 15 is 0 Å². The lowest BCUT2D eigenvalue weighted by Gasteiger charge is -2.16. The van der Waals surface area contributed by atoms with Gasteiger partial charge in [-0.25, -0.2) is 0 Å². The van der Waals surface area contributed by atoms with Gasteiger partial charge in [-0.15, -0.1) is 0 Å². The highest BCUT2D eigenvalue weighted by atomic mass is 16.5. The molecular formula is C12H16O4. The molecule has 1 unspecified atom stereocenters. The number of carbonyl (C=O) groups is 2. The zero-order valence-corrected chi connectivity index (χ0v) is 9.73. The third kappa shape index (κ3) is 2.72. The SMILES string of the molecule is CCOC(=O)C(C(=O)c1ccco1)C(C)C. The smallest absolute Gasteiger partial charge is 0.317 e. The Morgan fingerprint density at radius 2 is 2.12 bits per heavy atom. The Balaban J connectivity index is 2.86. The number of carbonyl (C=O) groups excluding carboxylic acids is 2. The van der Waals surface area contributed by atoms with Gasteiger partial charge in [0.1, 0.15) is 5.92 Å². The van der Waals surface area contributed by atoms with Crippen molar-refractivity contribution in [1.82, 2.24) is 0 Å². The highest BCUT2D eigenvalue weighted by Gasteiger charge is 2.33. The third-order valence-electron chi connectivity index (χ3n) is 2.25. The molecule has 0 saturated heterocycles. The molecule has 0 aromatic carbocycles. The predicted octanol–water partition coefficient (Wildman–Crippen LogP) is 2.30. The number of hydrogen-bond donors (Lipinski definition) is 0. The molecule has 1 aromatic heterocycles. The highest BCUT2D eigenvalue weighted by molar-refractivity contribution is 6.07. The summed E-state index contributed by atoms with van der Waals surface area (Å²) in [6.45, 7) is 5.60. The normalized spacial score (nSPS) is 12.5. The van der Waals surface area contributed by atoms with E-state index in [2.05, 4.69) is 0 Å². The summed E-state index contributed by atoms with van der Waals surface area (Å²) in [6, 6.07) is 3.17. The fraction of sp³-hybridized carbons (Fsp3) is 0.500. The Kier molecular flexibility index (Phi) is 4.28. The summed E-state index contributed by atoms with van der Waals surface area (Å²) in [4.78, 5) is 23.6. The number of hydrogen-bond acceptors (Lipinski definition) is 4. The molecule has 0 aliphatic carbocycles. The van der Waals surface area contributed by atoms with Crippen molar-refractivity contribution in [2.45, 2.75) is 20.8 Å². The lowest BCUT2D eigenvalue weighted by Crippen LogP contribution is -2.30. The van der Waals surface area contributed by atoms with Crippen molar-refractivity contribution in [3.63, 3.8) is 0 Å². The summed E-state index contributed by atoms with van der Waals surface area (Å²) in [7, 11) is 0. The van der Waals surface area contributed by atoms with Crippen LogP contribution >= 0.6 is 0 Å². The van der Waals surface area contributed by atoms with Crippen LogP contribution < -0.4 is 0 Å². The van der Waals surface area contributed by atoms with Crippen LogP contribution in [0.25, 0.3) is 0 Å². The highest BCUT2D eigenvalue weighted by Crippen LogP contribution is 2.19. The molecular weight excluding hydrogens is 208 g/mol. The maximum absolute atomic E-state index is 12.0. The number of Topliss-reactive ketones (excluding diaryl/α,β-unsaturated/α-hetero) is 1. The molecule has 1 rings (SSSR count). The van der Waals surface area contributed by atoms with Gasteiger partial charge in [-0.2, -0.15) is 0 Å². The van der Waals surface area contributed by atoms with Crippen molar-refractivity contribution in [3.8, 4) is 0 Å².